The molecule has 19 heavy (non-hydrogen) atoms. The molecule has 2 rings (SSSR count). The zero-order chi connectivity index (χ0) is 13.7. The summed E-state index contributed by atoms with van der Waals surface area (Å²) in [5.41, 5.74) is 0.897. The van der Waals surface area contributed by atoms with Gasteiger partial charge in [-0.2, -0.15) is 15.0 Å². The zero-order valence-electron chi connectivity index (χ0n) is 10.8. The first-order chi connectivity index (χ1) is 9.19. The Hall–Kier alpha value is -1.72. The van der Waals surface area contributed by atoms with Crippen molar-refractivity contribution in [3.8, 4) is 11.4 Å². The van der Waals surface area contributed by atoms with Gasteiger partial charge in [0.2, 0.25) is 11.2 Å². The second-order valence-electron chi connectivity index (χ2n) is 4.12. The standard InChI is InChI=1S/C13H15ClN4O/c1-9(8-19-2)15-13-17-11(16-12(14)18-13)10-6-4-3-5-7-10/h3-7,9H,8H2,1-2H3,(H,15,16,17,18). The smallest absolute Gasteiger partial charge is 0.227 e. The van der Waals surface area contributed by atoms with Crippen molar-refractivity contribution in [2.45, 2.75) is 13.0 Å². The Kier molecular flexibility index (Phi) is 4.65. The van der Waals surface area contributed by atoms with Crippen LogP contribution in [0.25, 0.3) is 11.4 Å². The summed E-state index contributed by atoms with van der Waals surface area (Å²) < 4.78 is 5.05. The molecule has 1 heterocycles. The third kappa shape index (κ3) is 3.87. The molecule has 1 N–H and O–H groups in total. The number of halogens is 1. The lowest BCUT2D eigenvalue weighted by atomic mass is 10.2. The van der Waals surface area contributed by atoms with E-state index in [-0.39, 0.29) is 11.3 Å². The molecule has 0 aliphatic carbocycles. The molecular weight excluding hydrogens is 264 g/mol. The molecule has 1 unspecified atom stereocenters. The first kappa shape index (κ1) is 13.7. The Labute approximate surface area is 117 Å². The summed E-state index contributed by atoms with van der Waals surface area (Å²) in [5.74, 6) is 0.996. The van der Waals surface area contributed by atoms with E-state index in [4.69, 9.17) is 16.3 Å². The number of rotatable bonds is 5. The van der Waals surface area contributed by atoms with E-state index in [0.717, 1.165) is 5.56 Å². The third-order valence-electron chi connectivity index (χ3n) is 2.43. The number of ether oxygens (including phenoxy) is 1. The van der Waals surface area contributed by atoms with Crippen molar-refractivity contribution in [2.75, 3.05) is 19.0 Å². The lowest BCUT2D eigenvalue weighted by molar-refractivity contribution is 0.190. The number of nitrogens with zero attached hydrogens (tertiary/aromatic N) is 3. The van der Waals surface area contributed by atoms with Crippen molar-refractivity contribution in [2.24, 2.45) is 0 Å². The van der Waals surface area contributed by atoms with Gasteiger partial charge >= 0.3 is 0 Å². The van der Waals surface area contributed by atoms with Crippen molar-refractivity contribution in [3.63, 3.8) is 0 Å². The number of methoxy groups -OCH3 is 1. The van der Waals surface area contributed by atoms with Crippen molar-refractivity contribution >= 4 is 17.5 Å². The average molecular weight is 279 g/mol. The Morgan fingerprint density at radius 2 is 1.95 bits per heavy atom. The van der Waals surface area contributed by atoms with E-state index in [1.54, 1.807) is 7.11 Å². The van der Waals surface area contributed by atoms with Crippen LogP contribution >= 0.6 is 11.6 Å². The van der Waals surface area contributed by atoms with Crippen LogP contribution in [0.15, 0.2) is 30.3 Å². The monoisotopic (exact) mass is 278 g/mol. The second kappa shape index (κ2) is 6.45. The molecule has 0 spiro atoms. The van der Waals surface area contributed by atoms with Gasteiger partial charge in [-0.3, -0.25) is 0 Å². The Bertz CT molecular complexity index is 535. The minimum absolute atomic E-state index is 0.0899. The molecule has 0 fully saturated rings. The molecule has 1 aromatic carbocycles. The molecule has 0 aliphatic rings. The summed E-state index contributed by atoms with van der Waals surface area (Å²) >= 11 is 5.93. The molecule has 0 bridgehead atoms. The fourth-order valence-corrected chi connectivity index (χ4v) is 1.80. The van der Waals surface area contributed by atoms with Crippen molar-refractivity contribution in [1.82, 2.24) is 15.0 Å². The molecule has 2 aromatic rings. The van der Waals surface area contributed by atoms with Crippen LogP contribution in [-0.4, -0.2) is 34.7 Å². The summed E-state index contributed by atoms with van der Waals surface area (Å²) in [7, 11) is 1.65. The number of anilines is 1. The van der Waals surface area contributed by atoms with Crippen LogP contribution in [0.4, 0.5) is 5.95 Å². The fourth-order valence-electron chi connectivity index (χ4n) is 1.64. The predicted molar refractivity (Wildman–Crippen MR) is 75.2 cm³/mol. The van der Waals surface area contributed by atoms with Gasteiger partial charge in [0.25, 0.3) is 0 Å². The van der Waals surface area contributed by atoms with E-state index < -0.39 is 0 Å². The van der Waals surface area contributed by atoms with Crippen LogP contribution in [0, 0.1) is 0 Å². The van der Waals surface area contributed by atoms with Gasteiger partial charge in [0.1, 0.15) is 0 Å². The highest BCUT2D eigenvalue weighted by atomic mass is 35.5. The second-order valence-corrected chi connectivity index (χ2v) is 4.46. The van der Waals surface area contributed by atoms with Gasteiger partial charge in [0, 0.05) is 18.7 Å². The van der Waals surface area contributed by atoms with Crippen LogP contribution in [-0.2, 0) is 4.74 Å². The molecule has 100 valence electrons. The third-order valence-corrected chi connectivity index (χ3v) is 2.60. The topological polar surface area (TPSA) is 59.9 Å². The number of hydrogen-bond donors (Lipinski definition) is 1. The lowest BCUT2D eigenvalue weighted by Gasteiger charge is -2.13. The first-order valence-electron chi connectivity index (χ1n) is 5.91. The van der Waals surface area contributed by atoms with Crippen LogP contribution in [0.2, 0.25) is 5.28 Å². The molecule has 0 aliphatic heterocycles. The Morgan fingerprint density at radius 3 is 2.63 bits per heavy atom. The summed E-state index contributed by atoms with van der Waals surface area (Å²) in [6, 6.07) is 9.72. The van der Waals surface area contributed by atoms with E-state index in [1.165, 1.54) is 0 Å². The Balaban J connectivity index is 2.25. The van der Waals surface area contributed by atoms with Gasteiger partial charge in [-0.25, -0.2) is 0 Å². The van der Waals surface area contributed by atoms with Gasteiger partial charge in [0.05, 0.1) is 6.61 Å². The molecule has 1 aromatic heterocycles. The molecule has 0 radical (unpaired) electrons. The van der Waals surface area contributed by atoms with Gasteiger partial charge in [0.15, 0.2) is 5.82 Å². The maximum atomic E-state index is 5.93. The summed E-state index contributed by atoms with van der Waals surface area (Å²) in [5, 5.41) is 3.29. The van der Waals surface area contributed by atoms with E-state index in [2.05, 4.69) is 20.3 Å². The number of nitrogens with one attached hydrogen (secondary N) is 1. The minimum atomic E-state index is 0.0899. The van der Waals surface area contributed by atoms with E-state index in [0.29, 0.717) is 18.4 Å². The fraction of sp³-hybridized carbons (Fsp3) is 0.308. The summed E-state index contributed by atoms with van der Waals surface area (Å²) in [6.07, 6.45) is 0. The van der Waals surface area contributed by atoms with Gasteiger partial charge in [-0.15, -0.1) is 0 Å². The average Bonchev–Trinajstić information content (AvgIpc) is 2.39. The molecule has 0 amide bonds. The van der Waals surface area contributed by atoms with Gasteiger partial charge in [-0.1, -0.05) is 30.3 Å². The van der Waals surface area contributed by atoms with Crippen molar-refractivity contribution < 1.29 is 4.74 Å². The highest BCUT2D eigenvalue weighted by Gasteiger charge is 2.09. The Morgan fingerprint density at radius 1 is 1.21 bits per heavy atom. The zero-order valence-corrected chi connectivity index (χ0v) is 11.6. The maximum Gasteiger partial charge on any atom is 0.227 e. The van der Waals surface area contributed by atoms with E-state index in [9.17, 15) is 0 Å². The normalized spacial score (nSPS) is 12.2. The number of hydrogen-bond acceptors (Lipinski definition) is 5. The SMILES string of the molecule is COCC(C)Nc1nc(Cl)nc(-c2ccccc2)n1. The maximum absolute atomic E-state index is 5.93. The molecule has 0 saturated heterocycles. The predicted octanol–water partition coefficient (Wildman–Crippen LogP) is 2.64. The van der Waals surface area contributed by atoms with Crippen LogP contribution < -0.4 is 5.32 Å². The first-order valence-corrected chi connectivity index (χ1v) is 6.29. The van der Waals surface area contributed by atoms with E-state index >= 15 is 0 Å². The lowest BCUT2D eigenvalue weighted by Crippen LogP contribution is -2.22. The molecule has 1 atom stereocenters. The number of aromatic nitrogens is 3. The van der Waals surface area contributed by atoms with Crippen LogP contribution in [0.3, 0.4) is 0 Å². The van der Waals surface area contributed by atoms with Crippen LogP contribution in [0.1, 0.15) is 6.92 Å². The highest BCUT2D eigenvalue weighted by molar-refractivity contribution is 6.28. The minimum Gasteiger partial charge on any atom is -0.383 e. The largest absolute Gasteiger partial charge is 0.383 e. The van der Waals surface area contributed by atoms with Crippen molar-refractivity contribution in [3.05, 3.63) is 35.6 Å². The molecule has 5 nitrogen and oxygen atoms in total. The van der Waals surface area contributed by atoms with E-state index in [1.807, 2.05) is 37.3 Å². The van der Waals surface area contributed by atoms with Crippen LogP contribution in [0.5, 0.6) is 0 Å². The molecule has 0 saturated carbocycles. The molecule has 6 heteroatoms. The molecular formula is C13H15ClN4O. The summed E-state index contributed by atoms with van der Waals surface area (Å²) in [6.45, 7) is 2.54. The number of benzene rings is 1. The van der Waals surface area contributed by atoms with Gasteiger partial charge in [-0.05, 0) is 18.5 Å². The summed E-state index contributed by atoms with van der Waals surface area (Å²) in [4.78, 5) is 12.5. The van der Waals surface area contributed by atoms with Gasteiger partial charge < -0.3 is 10.1 Å². The highest BCUT2D eigenvalue weighted by Crippen LogP contribution is 2.17. The quantitative estimate of drug-likeness (QED) is 0.911. The van der Waals surface area contributed by atoms with Crippen molar-refractivity contribution in [1.29, 1.82) is 0 Å².